The van der Waals surface area contributed by atoms with Gasteiger partial charge in [0.1, 0.15) is 11.8 Å². The molecule has 0 unspecified atom stereocenters. The molecule has 3 rings (SSSR count). The minimum atomic E-state index is -3.95. The molecule has 0 aliphatic heterocycles. The SMILES string of the molecule is CCOc1ccc(S(=O)(=O)N[C@H](Cc2ccccc2)C(=O)N[C@H](C)c2ccc(Cl)cc2)cc1. The largest absolute Gasteiger partial charge is 0.494 e. The molecule has 0 aliphatic rings. The predicted octanol–water partition coefficient (Wildman–Crippen LogP) is 4.51. The van der Waals surface area contributed by atoms with Gasteiger partial charge in [-0.1, -0.05) is 54.1 Å². The molecule has 3 aromatic carbocycles. The van der Waals surface area contributed by atoms with Crippen LogP contribution in [0.2, 0.25) is 5.02 Å². The smallest absolute Gasteiger partial charge is 0.241 e. The number of carbonyl (C=O) groups is 1. The highest BCUT2D eigenvalue weighted by molar-refractivity contribution is 7.89. The van der Waals surface area contributed by atoms with E-state index in [9.17, 15) is 13.2 Å². The van der Waals surface area contributed by atoms with E-state index in [1.54, 1.807) is 24.3 Å². The summed E-state index contributed by atoms with van der Waals surface area (Å²) in [7, 11) is -3.95. The number of nitrogens with one attached hydrogen (secondary N) is 2. The zero-order valence-corrected chi connectivity index (χ0v) is 20.1. The van der Waals surface area contributed by atoms with Crippen LogP contribution in [-0.2, 0) is 21.2 Å². The first-order chi connectivity index (χ1) is 15.8. The van der Waals surface area contributed by atoms with Gasteiger partial charge in [0.15, 0.2) is 0 Å². The van der Waals surface area contributed by atoms with Crippen molar-refractivity contribution in [3.63, 3.8) is 0 Å². The summed E-state index contributed by atoms with van der Waals surface area (Å²) in [5.74, 6) is 0.155. The van der Waals surface area contributed by atoms with E-state index in [2.05, 4.69) is 10.0 Å². The predicted molar refractivity (Wildman–Crippen MR) is 130 cm³/mol. The van der Waals surface area contributed by atoms with Crippen molar-refractivity contribution in [2.75, 3.05) is 6.61 Å². The summed E-state index contributed by atoms with van der Waals surface area (Å²) in [6, 6.07) is 21.2. The Kier molecular flexibility index (Phi) is 8.49. The molecule has 3 aromatic rings. The highest BCUT2D eigenvalue weighted by atomic mass is 35.5. The van der Waals surface area contributed by atoms with Gasteiger partial charge in [-0.25, -0.2) is 8.42 Å². The molecule has 0 heterocycles. The van der Waals surface area contributed by atoms with Gasteiger partial charge in [-0.15, -0.1) is 0 Å². The first-order valence-electron chi connectivity index (χ1n) is 10.6. The van der Waals surface area contributed by atoms with E-state index in [-0.39, 0.29) is 17.4 Å². The summed E-state index contributed by atoms with van der Waals surface area (Å²) in [4.78, 5) is 13.2. The Bertz CT molecular complexity index is 1150. The molecule has 0 saturated heterocycles. The number of hydrogen-bond donors (Lipinski definition) is 2. The van der Waals surface area contributed by atoms with Gasteiger partial charge >= 0.3 is 0 Å². The zero-order valence-electron chi connectivity index (χ0n) is 18.5. The summed E-state index contributed by atoms with van der Waals surface area (Å²) >= 11 is 5.95. The van der Waals surface area contributed by atoms with Gasteiger partial charge in [0.05, 0.1) is 17.5 Å². The summed E-state index contributed by atoms with van der Waals surface area (Å²) in [6.45, 7) is 4.17. The van der Waals surface area contributed by atoms with Crippen LogP contribution in [0.5, 0.6) is 5.75 Å². The molecule has 1 amide bonds. The Morgan fingerprint density at radius 2 is 1.61 bits per heavy atom. The van der Waals surface area contributed by atoms with Crippen molar-refractivity contribution in [1.29, 1.82) is 0 Å². The van der Waals surface area contributed by atoms with E-state index >= 15 is 0 Å². The number of rotatable bonds is 10. The maximum absolute atomic E-state index is 13.2. The van der Waals surface area contributed by atoms with Gasteiger partial charge in [-0.3, -0.25) is 4.79 Å². The first-order valence-corrected chi connectivity index (χ1v) is 12.5. The van der Waals surface area contributed by atoms with E-state index in [4.69, 9.17) is 16.3 Å². The number of benzene rings is 3. The van der Waals surface area contributed by atoms with Crippen molar-refractivity contribution in [3.05, 3.63) is 95.0 Å². The molecule has 2 N–H and O–H groups in total. The Labute approximate surface area is 200 Å². The third-order valence-corrected chi connectivity index (χ3v) is 6.81. The standard InChI is InChI=1S/C25H27ClN2O4S/c1-3-32-22-13-15-23(16-14-22)33(30,31)28-24(17-19-7-5-4-6-8-19)25(29)27-18(2)20-9-11-21(26)12-10-20/h4-16,18,24,28H,3,17H2,1-2H3,(H,27,29)/t18-,24-/m1/s1. The van der Waals surface area contributed by atoms with Crippen LogP contribution in [0.25, 0.3) is 0 Å². The second-order valence-corrected chi connectivity index (χ2v) is 9.70. The van der Waals surface area contributed by atoms with Crippen LogP contribution in [0, 0.1) is 0 Å². The number of sulfonamides is 1. The monoisotopic (exact) mass is 486 g/mol. The lowest BCUT2D eigenvalue weighted by atomic mass is 10.0. The van der Waals surface area contributed by atoms with Crippen LogP contribution < -0.4 is 14.8 Å². The van der Waals surface area contributed by atoms with Crippen LogP contribution in [0.15, 0.2) is 83.8 Å². The lowest BCUT2D eigenvalue weighted by molar-refractivity contribution is -0.123. The third-order valence-electron chi connectivity index (χ3n) is 5.07. The number of halogens is 1. The molecule has 0 radical (unpaired) electrons. The number of ether oxygens (including phenoxy) is 1. The average Bonchev–Trinajstić information content (AvgIpc) is 2.80. The number of carbonyl (C=O) groups excluding carboxylic acids is 1. The lowest BCUT2D eigenvalue weighted by Gasteiger charge is -2.22. The lowest BCUT2D eigenvalue weighted by Crippen LogP contribution is -2.48. The van der Waals surface area contributed by atoms with Crippen LogP contribution in [0.1, 0.15) is 31.0 Å². The van der Waals surface area contributed by atoms with Crippen molar-refractivity contribution in [3.8, 4) is 5.75 Å². The van der Waals surface area contributed by atoms with Crippen molar-refractivity contribution < 1.29 is 17.9 Å². The van der Waals surface area contributed by atoms with Crippen LogP contribution in [0.3, 0.4) is 0 Å². The molecule has 0 fully saturated rings. The number of amides is 1. The topological polar surface area (TPSA) is 84.5 Å². The van der Waals surface area contributed by atoms with Gasteiger partial charge in [0.25, 0.3) is 0 Å². The van der Waals surface area contributed by atoms with Crippen molar-refractivity contribution in [2.24, 2.45) is 0 Å². The maximum Gasteiger partial charge on any atom is 0.241 e. The fourth-order valence-corrected chi connectivity index (χ4v) is 4.64. The van der Waals surface area contributed by atoms with Gasteiger partial charge in [-0.05, 0) is 67.8 Å². The highest BCUT2D eigenvalue weighted by Gasteiger charge is 2.27. The molecule has 2 atom stereocenters. The summed E-state index contributed by atoms with van der Waals surface area (Å²) < 4.78 is 34.1. The van der Waals surface area contributed by atoms with Gasteiger partial charge in [0, 0.05) is 5.02 Å². The zero-order chi connectivity index (χ0) is 23.8. The van der Waals surface area contributed by atoms with E-state index < -0.39 is 22.0 Å². The first kappa shape index (κ1) is 24.8. The summed E-state index contributed by atoms with van der Waals surface area (Å²) in [6.07, 6.45) is 0.205. The summed E-state index contributed by atoms with van der Waals surface area (Å²) in [5, 5.41) is 3.51. The maximum atomic E-state index is 13.2. The molecule has 0 aliphatic carbocycles. The van der Waals surface area contributed by atoms with E-state index in [1.807, 2.05) is 56.3 Å². The second-order valence-electron chi connectivity index (χ2n) is 7.55. The van der Waals surface area contributed by atoms with Gasteiger partial charge in [-0.2, -0.15) is 4.72 Å². The number of hydrogen-bond acceptors (Lipinski definition) is 4. The van der Waals surface area contributed by atoms with Gasteiger partial charge in [0.2, 0.25) is 15.9 Å². The van der Waals surface area contributed by atoms with Crippen LogP contribution in [-0.4, -0.2) is 27.0 Å². The molecule has 33 heavy (non-hydrogen) atoms. The van der Waals surface area contributed by atoms with E-state index in [1.165, 1.54) is 12.1 Å². The molecule has 174 valence electrons. The quantitative estimate of drug-likeness (QED) is 0.441. The van der Waals surface area contributed by atoms with E-state index in [0.717, 1.165) is 11.1 Å². The normalized spacial score (nSPS) is 13.2. The van der Waals surface area contributed by atoms with Gasteiger partial charge < -0.3 is 10.1 Å². The van der Waals surface area contributed by atoms with Crippen molar-refractivity contribution in [1.82, 2.24) is 10.0 Å². The van der Waals surface area contributed by atoms with Crippen molar-refractivity contribution in [2.45, 2.75) is 37.2 Å². The van der Waals surface area contributed by atoms with E-state index in [0.29, 0.717) is 17.4 Å². The highest BCUT2D eigenvalue weighted by Crippen LogP contribution is 2.19. The molecule has 0 saturated carbocycles. The molecule has 6 nitrogen and oxygen atoms in total. The summed E-state index contributed by atoms with van der Waals surface area (Å²) in [5.41, 5.74) is 1.70. The molecule has 0 spiro atoms. The molecule has 0 aromatic heterocycles. The fourth-order valence-electron chi connectivity index (χ4n) is 3.32. The Morgan fingerprint density at radius 3 is 2.21 bits per heavy atom. The third kappa shape index (κ3) is 7.05. The van der Waals surface area contributed by atoms with Crippen molar-refractivity contribution >= 4 is 27.5 Å². The Hall–Kier alpha value is -2.87. The minimum absolute atomic E-state index is 0.0579. The van der Waals surface area contributed by atoms with Crippen LogP contribution in [0.4, 0.5) is 0 Å². The fraction of sp³-hybridized carbons (Fsp3) is 0.240. The second kappa shape index (κ2) is 11.3. The molecular weight excluding hydrogens is 460 g/mol. The molecule has 0 bridgehead atoms. The van der Waals surface area contributed by atoms with Crippen LogP contribution >= 0.6 is 11.6 Å². The molecular formula is C25H27ClN2O4S. The Morgan fingerprint density at radius 1 is 0.970 bits per heavy atom. The Balaban J connectivity index is 1.80. The average molecular weight is 487 g/mol. The molecule has 8 heteroatoms. The minimum Gasteiger partial charge on any atom is -0.494 e.